The lowest BCUT2D eigenvalue weighted by Crippen LogP contribution is -2.29. The van der Waals surface area contributed by atoms with Gasteiger partial charge in [0.25, 0.3) is 0 Å². The molecule has 1 aliphatic carbocycles. The molecule has 2 aromatic rings. The second-order valence-corrected chi connectivity index (χ2v) is 9.91. The van der Waals surface area contributed by atoms with Crippen LogP contribution in [0.25, 0.3) is 5.76 Å². The first-order chi connectivity index (χ1) is 15.0. The largest absolute Gasteiger partial charge is 0.506 e. The zero-order valence-electron chi connectivity index (χ0n) is 19.6. The molecule has 0 radical (unpaired) electrons. The molecule has 32 heavy (non-hydrogen) atoms. The van der Waals surface area contributed by atoms with E-state index in [2.05, 4.69) is 50.0 Å². The average molecular weight is 472 g/mol. The molecule has 4 N–H and O–H groups in total. The minimum Gasteiger partial charge on any atom is -0.506 e. The number of nitrogens with one attached hydrogen (secondary N) is 1. The van der Waals surface area contributed by atoms with Crippen molar-refractivity contribution in [3.05, 3.63) is 59.2 Å². The lowest BCUT2D eigenvalue weighted by molar-refractivity contribution is -0.116. The molecular weight excluding hydrogens is 438 g/mol. The monoisotopic (exact) mass is 471 g/mol. The van der Waals surface area contributed by atoms with E-state index in [1.165, 1.54) is 18.4 Å². The Balaban J connectivity index is 0.000000534. The number of Topliss-reactive ketones (excluding diaryl/α,β-unsaturated/α-hetero) is 1. The maximum Gasteiger partial charge on any atom is 0.177 e. The molecule has 2 aromatic carbocycles. The quantitative estimate of drug-likeness (QED) is 0.171. The number of aliphatic hydroxyl groups excluding tert-OH is 1. The standard InChI is InChI=1S/C19H19N3O2S2.C6H14/c1-10-12-5-3-4-6-13(12)18(24)16(17(10)23)19(20)21-14-8-7-11(22-26-2)9-15(14)25;1-5-6(2,3)4/h3-10,22,24-25H,1-2H3,(H2,20,21);5H2,1-4H3. The summed E-state index contributed by atoms with van der Waals surface area (Å²) >= 11 is 5.90. The number of carbonyl (C=O) groups excluding carboxylic acids is 1. The lowest BCUT2D eigenvalue weighted by atomic mass is 9.81. The Morgan fingerprint density at radius 2 is 1.88 bits per heavy atom. The molecule has 0 saturated heterocycles. The van der Waals surface area contributed by atoms with Crippen LogP contribution in [0.15, 0.2) is 57.9 Å². The number of rotatable bonds is 4. The van der Waals surface area contributed by atoms with Crippen molar-refractivity contribution in [2.24, 2.45) is 16.1 Å². The van der Waals surface area contributed by atoms with Crippen LogP contribution in [-0.2, 0) is 4.79 Å². The maximum atomic E-state index is 12.7. The number of hydrogen-bond acceptors (Lipinski definition) is 6. The minimum absolute atomic E-state index is 0.0188. The van der Waals surface area contributed by atoms with Crippen LogP contribution < -0.4 is 10.5 Å². The summed E-state index contributed by atoms with van der Waals surface area (Å²) in [5.41, 5.74) is 9.50. The van der Waals surface area contributed by atoms with Crippen molar-refractivity contribution in [2.75, 3.05) is 11.0 Å². The highest BCUT2D eigenvalue weighted by Crippen LogP contribution is 2.36. The van der Waals surface area contributed by atoms with Gasteiger partial charge in [0.05, 0.1) is 5.69 Å². The number of nitrogens with two attached hydrogens (primary N) is 1. The number of hydrogen-bond donors (Lipinski definition) is 4. The smallest absolute Gasteiger partial charge is 0.177 e. The van der Waals surface area contributed by atoms with Gasteiger partial charge >= 0.3 is 0 Å². The van der Waals surface area contributed by atoms with Crippen molar-refractivity contribution in [3.63, 3.8) is 0 Å². The molecule has 172 valence electrons. The molecule has 1 aliphatic rings. The van der Waals surface area contributed by atoms with Crippen molar-refractivity contribution in [1.82, 2.24) is 0 Å². The van der Waals surface area contributed by atoms with Gasteiger partial charge in [0.1, 0.15) is 17.2 Å². The van der Waals surface area contributed by atoms with Gasteiger partial charge in [-0.05, 0) is 29.2 Å². The van der Waals surface area contributed by atoms with Gasteiger partial charge in [-0.3, -0.25) is 4.79 Å². The molecule has 1 atom stereocenters. The number of anilines is 1. The third kappa shape index (κ3) is 6.33. The van der Waals surface area contributed by atoms with E-state index in [4.69, 9.17) is 5.73 Å². The summed E-state index contributed by atoms with van der Waals surface area (Å²) in [5.74, 6) is -0.792. The number of nitrogens with zero attached hydrogens (tertiary/aromatic N) is 1. The van der Waals surface area contributed by atoms with Gasteiger partial charge in [0, 0.05) is 28.3 Å². The maximum absolute atomic E-state index is 12.7. The third-order valence-corrected chi connectivity index (χ3v) is 6.11. The van der Waals surface area contributed by atoms with Crippen LogP contribution in [0.1, 0.15) is 58.1 Å². The predicted molar refractivity (Wildman–Crippen MR) is 141 cm³/mol. The summed E-state index contributed by atoms with van der Waals surface area (Å²) < 4.78 is 3.11. The SMILES string of the molecule is CCC(C)(C)C.CSNc1ccc(N=C(N)C2=C(O)c3ccccc3C(C)C2=O)c(S)c1. The van der Waals surface area contributed by atoms with Crippen molar-refractivity contribution in [1.29, 1.82) is 0 Å². The van der Waals surface area contributed by atoms with Crippen LogP contribution in [0.4, 0.5) is 11.4 Å². The van der Waals surface area contributed by atoms with E-state index in [0.29, 0.717) is 21.6 Å². The van der Waals surface area contributed by atoms with E-state index >= 15 is 0 Å². The van der Waals surface area contributed by atoms with Crippen LogP contribution in [-0.4, -0.2) is 23.0 Å². The van der Waals surface area contributed by atoms with Gasteiger partial charge in [-0.1, -0.05) is 77.3 Å². The zero-order chi connectivity index (χ0) is 24.1. The molecule has 0 fully saturated rings. The van der Waals surface area contributed by atoms with Gasteiger partial charge in [0.15, 0.2) is 5.78 Å². The Morgan fingerprint density at radius 3 is 2.44 bits per heavy atom. The molecule has 0 aliphatic heterocycles. The molecular formula is C25H33N3O2S2. The summed E-state index contributed by atoms with van der Waals surface area (Å²) in [5, 5.41) is 10.6. The number of fused-ring (bicyclic) bond motifs is 1. The first-order valence-corrected chi connectivity index (χ1v) is 12.2. The second-order valence-electron chi connectivity index (χ2n) is 8.82. The molecule has 0 bridgehead atoms. The molecule has 5 nitrogen and oxygen atoms in total. The highest BCUT2D eigenvalue weighted by molar-refractivity contribution is 7.99. The van der Waals surface area contributed by atoms with Crippen LogP contribution >= 0.6 is 24.6 Å². The normalized spacial score (nSPS) is 16.3. The van der Waals surface area contributed by atoms with Crippen LogP contribution in [0.5, 0.6) is 0 Å². The summed E-state index contributed by atoms with van der Waals surface area (Å²) in [7, 11) is 0. The number of aliphatic imine (C=N–C) groups is 1. The fourth-order valence-corrected chi connectivity index (χ4v) is 3.56. The minimum atomic E-state index is -0.394. The fourth-order valence-electron chi connectivity index (χ4n) is 2.93. The van der Waals surface area contributed by atoms with E-state index in [1.807, 2.05) is 36.6 Å². The fraction of sp³-hybridized carbons (Fsp3) is 0.360. The van der Waals surface area contributed by atoms with Gasteiger partial charge in [-0.15, -0.1) is 12.6 Å². The predicted octanol–water partition coefficient (Wildman–Crippen LogP) is 6.75. The number of benzene rings is 2. The first kappa shape index (κ1) is 25.9. The van der Waals surface area contributed by atoms with E-state index in [1.54, 1.807) is 19.1 Å². The molecule has 0 saturated carbocycles. The van der Waals surface area contributed by atoms with E-state index in [-0.39, 0.29) is 23.0 Å². The topological polar surface area (TPSA) is 87.7 Å². The van der Waals surface area contributed by atoms with Gasteiger partial charge < -0.3 is 15.6 Å². The summed E-state index contributed by atoms with van der Waals surface area (Å²) in [6.45, 7) is 10.7. The highest BCUT2D eigenvalue weighted by atomic mass is 32.2. The Kier molecular flexibility index (Phi) is 8.87. The number of aliphatic hydroxyl groups is 1. The van der Waals surface area contributed by atoms with E-state index < -0.39 is 5.92 Å². The number of thiol groups is 1. The Hall–Kier alpha value is -2.38. The van der Waals surface area contributed by atoms with Crippen LogP contribution in [0.2, 0.25) is 0 Å². The van der Waals surface area contributed by atoms with Crippen molar-refractivity contribution < 1.29 is 9.90 Å². The Morgan fingerprint density at radius 1 is 1.25 bits per heavy atom. The average Bonchev–Trinajstić information content (AvgIpc) is 2.74. The Labute approximate surface area is 201 Å². The molecule has 0 spiro atoms. The van der Waals surface area contributed by atoms with Crippen LogP contribution in [0.3, 0.4) is 0 Å². The molecule has 0 aromatic heterocycles. The molecule has 3 rings (SSSR count). The van der Waals surface area contributed by atoms with Gasteiger partial charge in [-0.2, -0.15) is 0 Å². The third-order valence-electron chi connectivity index (χ3n) is 5.31. The molecule has 7 heteroatoms. The van der Waals surface area contributed by atoms with Gasteiger partial charge in [0.2, 0.25) is 0 Å². The molecule has 0 amide bonds. The summed E-state index contributed by atoms with van der Waals surface area (Å²) in [6, 6.07) is 12.7. The first-order valence-electron chi connectivity index (χ1n) is 10.5. The highest BCUT2D eigenvalue weighted by Gasteiger charge is 2.33. The number of ketones is 1. The number of carbonyl (C=O) groups is 1. The van der Waals surface area contributed by atoms with E-state index in [0.717, 1.165) is 11.3 Å². The second kappa shape index (κ2) is 11.0. The molecule has 0 heterocycles. The van der Waals surface area contributed by atoms with Crippen molar-refractivity contribution in [3.8, 4) is 0 Å². The van der Waals surface area contributed by atoms with E-state index in [9.17, 15) is 9.90 Å². The molecule has 1 unspecified atom stereocenters. The van der Waals surface area contributed by atoms with Crippen molar-refractivity contribution in [2.45, 2.75) is 51.9 Å². The Bertz CT molecular complexity index is 1040. The van der Waals surface area contributed by atoms with Crippen LogP contribution in [0, 0.1) is 5.41 Å². The number of amidine groups is 1. The zero-order valence-corrected chi connectivity index (χ0v) is 21.3. The summed E-state index contributed by atoms with van der Waals surface area (Å²) in [6.07, 6.45) is 3.19. The van der Waals surface area contributed by atoms with Gasteiger partial charge in [-0.25, -0.2) is 4.99 Å². The summed E-state index contributed by atoms with van der Waals surface area (Å²) in [4.78, 5) is 17.7. The lowest BCUT2D eigenvalue weighted by Gasteiger charge is -2.23. The van der Waals surface area contributed by atoms with Crippen molar-refractivity contribution >= 4 is 53.3 Å².